The van der Waals surface area contributed by atoms with Crippen molar-refractivity contribution in [1.82, 2.24) is 4.57 Å². The monoisotopic (exact) mass is 455 g/mol. The van der Waals surface area contributed by atoms with Crippen LogP contribution in [0.3, 0.4) is 0 Å². The van der Waals surface area contributed by atoms with Crippen LogP contribution in [0.15, 0.2) is 47.8 Å². The molecule has 0 amide bonds. The Morgan fingerprint density at radius 2 is 1.90 bits per heavy atom. The molecule has 0 spiro atoms. The number of benzene rings is 1. The van der Waals surface area contributed by atoms with Crippen LogP contribution < -0.4 is 4.74 Å². The fourth-order valence-electron chi connectivity index (χ4n) is 3.26. The van der Waals surface area contributed by atoms with Crippen LogP contribution in [0.2, 0.25) is 0 Å². The number of aromatic nitrogens is 1. The summed E-state index contributed by atoms with van der Waals surface area (Å²) in [6.07, 6.45) is -0.474. The molecule has 158 valence electrons. The van der Waals surface area contributed by atoms with Gasteiger partial charge in [0.1, 0.15) is 12.4 Å². The molecule has 1 aromatic carbocycles. The second kappa shape index (κ2) is 11.9. The number of hydrogen-bond donors (Lipinski definition) is 1. The molecule has 7 heteroatoms. The number of carbonyl (C=O) groups is 1. The minimum atomic E-state index is -0.939. The number of nitrogens with zero attached hydrogens (tertiary/aromatic N) is 1. The van der Waals surface area contributed by atoms with Crippen LogP contribution in [0, 0.1) is 13.8 Å². The second-order valence-corrected chi connectivity index (χ2v) is 7.89. The molecule has 0 unspecified atom stereocenters. The van der Waals surface area contributed by atoms with E-state index in [9.17, 15) is 9.90 Å². The first kappa shape index (κ1) is 25.0. The molecule has 0 fully saturated rings. The third-order valence-corrected chi connectivity index (χ3v) is 5.82. The molecule has 0 bridgehead atoms. The maximum absolute atomic E-state index is 11.2. The second-order valence-electron chi connectivity index (χ2n) is 6.98. The van der Waals surface area contributed by atoms with E-state index in [0.717, 1.165) is 17.9 Å². The maximum atomic E-state index is 11.2. The van der Waals surface area contributed by atoms with Crippen molar-refractivity contribution in [2.45, 2.75) is 39.8 Å². The Morgan fingerprint density at radius 1 is 1.17 bits per heavy atom. The van der Waals surface area contributed by atoms with Crippen LogP contribution >= 0.6 is 11.3 Å². The van der Waals surface area contributed by atoms with E-state index >= 15 is 0 Å². The van der Waals surface area contributed by atoms with Crippen molar-refractivity contribution in [1.29, 1.82) is 0 Å². The third-order valence-electron chi connectivity index (χ3n) is 4.75. The summed E-state index contributed by atoms with van der Waals surface area (Å²) >= 11 is 1.76. The summed E-state index contributed by atoms with van der Waals surface area (Å²) in [5, 5.41) is 11.4. The van der Waals surface area contributed by atoms with Gasteiger partial charge in [-0.25, -0.2) is 4.79 Å². The van der Waals surface area contributed by atoms with Gasteiger partial charge in [0.15, 0.2) is 6.10 Å². The van der Waals surface area contributed by atoms with Crippen molar-refractivity contribution in [2.24, 2.45) is 0 Å². The number of hydrogen-bond acceptors (Lipinski definition) is 4. The Hall–Kier alpha value is -1.31. The molecule has 3 aromatic rings. The van der Waals surface area contributed by atoms with Crippen molar-refractivity contribution >= 4 is 55.0 Å². The molecular weight excluding hydrogens is 426 g/mol. The van der Waals surface area contributed by atoms with Crippen molar-refractivity contribution in [3.05, 3.63) is 64.7 Å². The van der Waals surface area contributed by atoms with Gasteiger partial charge in [0.2, 0.25) is 0 Å². The van der Waals surface area contributed by atoms with Crippen molar-refractivity contribution in [3.8, 4) is 16.3 Å². The molecule has 0 saturated carbocycles. The Bertz CT molecular complexity index is 949. The fraction of sp³-hybridized carbons (Fsp3) is 0.348. The first-order valence-electron chi connectivity index (χ1n) is 9.75. The summed E-state index contributed by atoms with van der Waals surface area (Å²) in [5.41, 5.74) is 4.62. The SMILES string of the molecule is CCO[C@@H](Cc1ccc(OCCn2c(C)ccc2-c2cc(C)cs2)cc1)C(=O)O.[CaH2]. The molecule has 5 nitrogen and oxygen atoms in total. The number of carboxylic acids is 1. The van der Waals surface area contributed by atoms with Gasteiger partial charge in [-0.15, -0.1) is 11.3 Å². The van der Waals surface area contributed by atoms with Gasteiger partial charge >= 0.3 is 43.7 Å². The van der Waals surface area contributed by atoms with E-state index < -0.39 is 12.1 Å². The molecule has 30 heavy (non-hydrogen) atoms. The van der Waals surface area contributed by atoms with Crippen LogP contribution in [0.5, 0.6) is 5.75 Å². The molecule has 0 radical (unpaired) electrons. The van der Waals surface area contributed by atoms with Gasteiger partial charge in [-0.2, -0.15) is 0 Å². The fourth-order valence-corrected chi connectivity index (χ4v) is 4.19. The van der Waals surface area contributed by atoms with E-state index in [0.29, 0.717) is 19.6 Å². The molecule has 0 aliphatic heterocycles. The molecule has 1 atom stereocenters. The normalized spacial score (nSPS) is 11.7. The number of ether oxygens (including phenoxy) is 2. The van der Waals surface area contributed by atoms with Crippen LogP contribution in [-0.4, -0.2) is 72.7 Å². The Labute approximate surface area is 211 Å². The summed E-state index contributed by atoms with van der Waals surface area (Å²) in [7, 11) is 0. The molecule has 2 heterocycles. The van der Waals surface area contributed by atoms with Crippen LogP contribution in [-0.2, 0) is 22.5 Å². The summed E-state index contributed by atoms with van der Waals surface area (Å²) in [4.78, 5) is 12.5. The van der Waals surface area contributed by atoms with Gasteiger partial charge in [0, 0.05) is 18.7 Å². The zero-order valence-corrected chi connectivity index (χ0v) is 17.9. The molecule has 0 aliphatic carbocycles. The van der Waals surface area contributed by atoms with Crippen LogP contribution in [0.1, 0.15) is 23.7 Å². The zero-order chi connectivity index (χ0) is 20.8. The first-order chi connectivity index (χ1) is 14.0. The van der Waals surface area contributed by atoms with Crippen molar-refractivity contribution in [3.63, 3.8) is 0 Å². The molecular formula is C23H29CaNO4S. The van der Waals surface area contributed by atoms with Gasteiger partial charge in [-0.05, 0) is 67.6 Å². The Kier molecular flexibility index (Phi) is 9.91. The number of carboxylic acid groups (broad SMARTS) is 1. The van der Waals surface area contributed by atoms with Crippen molar-refractivity contribution in [2.75, 3.05) is 13.2 Å². The quantitative estimate of drug-likeness (QED) is 0.469. The summed E-state index contributed by atoms with van der Waals surface area (Å²) in [6.45, 7) is 7.71. The van der Waals surface area contributed by atoms with Gasteiger partial charge in [-0.3, -0.25) is 0 Å². The van der Waals surface area contributed by atoms with Gasteiger partial charge < -0.3 is 19.1 Å². The summed E-state index contributed by atoms with van der Waals surface area (Å²) in [6, 6.07) is 14.1. The van der Waals surface area contributed by atoms with Crippen molar-refractivity contribution < 1.29 is 19.4 Å². The van der Waals surface area contributed by atoms with Gasteiger partial charge in [-0.1, -0.05) is 12.1 Å². The van der Waals surface area contributed by atoms with E-state index in [1.54, 1.807) is 18.3 Å². The van der Waals surface area contributed by atoms with Gasteiger partial charge in [0.25, 0.3) is 0 Å². The molecule has 2 aromatic heterocycles. The average Bonchev–Trinajstić information content (AvgIpc) is 3.28. The van der Waals surface area contributed by atoms with Crippen LogP contribution in [0.25, 0.3) is 10.6 Å². The molecule has 3 rings (SSSR count). The number of aliphatic carboxylic acids is 1. The summed E-state index contributed by atoms with van der Waals surface area (Å²) in [5.74, 6) is -0.165. The third kappa shape index (κ3) is 6.59. The van der Waals surface area contributed by atoms with E-state index in [-0.39, 0.29) is 37.7 Å². The van der Waals surface area contributed by atoms with Gasteiger partial charge in [0.05, 0.1) is 17.1 Å². The Morgan fingerprint density at radius 3 is 2.50 bits per heavy atom. The van der Waals surface area contributed by atoms with E-state index in [1.165, 1.54) is 21.8 Å². The van der Waals surface area contributed by atoms with E-state index in [1.807, 2.05) is 24.3 Å². The average molecular weight is 456 g/mol. The Balaban J connectivity index is 0.00000320. The standard InChI is InChI=1S/C23H27NO4S.Ca.2H/c1-4-27-21(23(25)26)14-18-6-8-19(9-7-18)28-12-11-24-17(3)5-10-20(24)22-13-16(2)15-29-22;;;/h5-10,13,15,21H,4,11-12,14H2,1-3H3,(H,25,26);;;/t21-;;;/m0.../s1. The zero-order valence-electron chi connectivity index (χ0n) is 17.1. The first-order valence-corrected chi connectivity index (χ1v) is 10.6. The predicted octanol–water partition coefficient (Wildman–Crippen LogP) is 4.03. The predicted molar refractivity (Wildman–Crippen MR) is 124 cm³/mol. The molecule has 0 saturated heterocycles. The number of aryl methyl sites for hydroxylation is 2. The minimum absolute atomic E-state index is 0. The topological polar surface area (TPSA) is 60.7 Å². The molecule has 1 N–H and O–H groups in total. The molecule has 0 aliphatic rings. The summed E-state index contributed by atoms with van der Waals surface area (Å²) < 4.78 is 13.5. The van der Waals surface area contributed by atoms with E-state index in [4.69, 9.17) is 9.47 Å². The van der Waals surface area contributed by atoms with E-state index in [2.05, 4.69) is 42.0 Å². The number of rotatable bonds is 10. The van der Waals surface area contributed by atoms with Crippen LogP contribution in [0.4, 0.5) is 0 Å². The number of thiophene rings is 1.